The van der Waals surface area contributed by atoms with Crippen LogP contribution in [0.2, 0.25) is 18.1 Å². The molecule has 0 N–H and O–H groups in total. The Balaban J connectivity index is 0. The van der Waals surface area contributed by atoms with E-state index in [-0.39, 0.29) is 18.9 Å². The summed E-state index contributed by atoms with van der Waals surface area (Å²) in [5, 5.41) is 0.314. The Bertz CT molecular complexity index is 149. The Kier molecular flexibility index (Phi) is 7.47. The normalized spacial score (nSPS) is 12.1. The zero-order chi connectivity index (χ0) is 9.83. The Morgan fingerprint density at radius 3 is 2.08 bits per heavy atom. The summed E-state index contributed by atoms with van der Waals surface area (Å²) in [5.41, 5.74) is 0. The third-order valence-electron chi connectivity index (χ3n) is 2.55. The average molecular weight is 192 g/mol. The predicted octanol–water partition coefficient (Wildman–Crippen LogP) is 0.391. The van der Waals surface area contributed by atoms with Crippen LogP contribution in [0.25, 0.3) is 0 Å². The van der Waals surface area contributed by atoms with Crippen molar-refractivity contribution in [2.24, 2.45) is 0 Å². The van der Waals surface area contributed by atoms with E-state index < -0.39 is 8.32 Å². The van der Waals surface area contributed by atoms with Crippen molar-refractivity contribution < 1.29 is 23.3 Å². The van der Waals surface area contributed by atoms with Gasteiger partial charge >= 0.3 is 18.9 Å². The molecule has 0 radical (unpaired) electrons. The van der Waals surface area contributed by atoms with Crippen LogP contribution in [0.5, 0.6) is 0 Å². The van der Waals surface area contributed by atoms with Gasteiger partial charge in [0.25, 0.3) is 0 Å². The fourth-order valence-corrected chi connectivity index (χ4v) is 1.64. The summed E-state index contributed by atoms with van der Waals surface area (Å²) in [6, 6.07) is 0. The zero-order valence-corrected chi connectivity index (χ0v) is 11.0. The maximum atomic E-state index is 5.87. The Labute approximate surface area is 96.2 Å². The van der Waals surface area contributed by atoms with Crippen LogP contribution in [0.4, 0.5) is 0 Å². The maximum Gasteiger partial charge on any atom is 1.00 e. The van der Waals surface area contributed by atoms with Gasteiger partial charge in [-0.3, -0.25) is 6.58 Å². The molecule has 72 valence electrons. The molecule has 0 aliphatic carbocycles. The molecule has 0 atom stereocenters. The molecule has 0 aliphatic heterocycles. The van der Waals surface area contributed by atoms with Crippen molar-refractivity contribution >= 4 is 8.32 Å². The van der Waals surface area contributed by atoms with Crippen molar-refractivity contribution in [2.75, 3.05) is 6.61 Å². The van der Waals surface area contributed by atoms with Gasteiger partial charge in [0.05, 0.1) is 0 Å². The Hall–Kier alpha value is 0.514. The summed E-state index contributed by atoms with van der Waals surface area (Å²) in [4.78, 5) is 0. The van der Waals surface area contributed by atoms with Crippen LogP contribution < -0.4 is 18.9 Å². The molecule has 0 saturated carbocycles. The predicted molar refractivity (Wildman–Crippen MR) is 56.6 cm³/mol. The summed E-state index contributed by atoms with van der Waals surface area (Å²) >= 11 is 0. The quantitative estimate of drug-likeness (QED) is 0.356. The van der Waals surface area contributed by atoms with Crippen LogP contribution in [0.1, 0.15) is 27.2 Å². The van der Waals surface area contributed by atoms with Gasteiger partial charge in [-0.2, -0.15) is 6.42 Å². The summed E-state index contributed by atoms with van der Waals surface area (Å²) in [6.45, 7) is 15.6. The smallest absolute Gasteiger partial charge is 0.502 e. The van der Waals surface area contributed by atoms with E-state index in [1.807, 2.05) is 0 Å². The molecule has 0 unspecified atom stereocenters. The van der Waals surface area contributed by atoms with Gasteiger partial charge in [0.2, 0.25) is 0 Å². The van der Waals surface area contributed by atoms with Gasteiger partial charge < -0.3 is 10.5 Å². The molecule has 0 bridgehead atoms. The average Bonchev–Trinajstić information content (AvgIpc) is 1.85. The number of rotatable bonds is 4. The van der Waals surface area contributed by atoms with Gasteiger partial charge in [-0.1, -0.05) is 20.8 Å². The van der Waals surface area contributed by atoms with Crippen LogP contribution in [0.15, 0.2) is 6.58 Å². The second-order valence-corrected chi connectivity index (χ2v) is 9.42. The van der Waals surface area contributed by atoms with Crippen molar-refractivity contribution in [3.8, 4) is 0 Å². The van der Waals surface area contributed by atoms with E-state index in [1.165, 1.54) is 0 Å². The Morgan fingerprint density at radius 1 is 1.31 bits per heavy atom. The first kappa shape index (κ1) is 16.0. The van der Waals surface area contributed by atoms with E-state index in [0.29, 0.717) is 5.04 Å². The fraction of sp³-hybridized carbons (Fsp3) is 0.800. The molecule has 0 saturated heterocycles. The van der Waals surface area contributed by atoms with Gasteiger partial charge in [0.15, 0.2) is 8.32 Å². The third kappa shape index (κ3) is 5.75. The molecule has 0 rings (SSSR count). The largest absolute Gasteiger partial charge is 1.00 e. The summed E-state index contributed by atoms with van der Waals surface area (Å²) in [7, 11) is -1.51. The molecule has 0 aromatic carbocycles. The van der Waals surface area contributed by atoms with E-state index in [4.69, 9.17) is 4.43 Å². The number of hydrogen-bond acceptors (Lipinski definition) is 1. The van der Waals surface area contributed by atoms with Crippen LogP contribution in [0, 0.1) is 6.08 Å². The molecule has 0 aromatic rings. The minimum absolute atomic E-state index is 0. The van der Waals surface area contributed by atoms with E-state index in [2.05, 4.69) is 46.5 Å². The first-order chi connectivity index (χ1) is 5.31. The molecule has 0 fully saturated rings. The zero-order valence-electron chi connectivity index (χ0n) is 10.0. The van der Waals surface area contributed by atoms with E-state index in [1.54, 1.807) is 0 Å². The molecule has 0 heterocycles. The molecule has 0 spiro atoms. The summed E-state index contributed by atoms with van der Waals surface area (Å²) in [5.74, 6) is 0. The van der Waals surface area contributed by atoms with E-state index >= 15 is 0 Å². The molecule has 1 nitrogen and oxygen atoms in total. The maximum absolute atomic E-state index is 5.87. The van der Waals surface area contributed by atoms with Crippen molar-refractivity contribution in [3.05, 3.63) is 12.7 Å². The fourth-order valence-electron chi connectivity index (χ4n) is 0.595. The topological polar surface area (TPSA) is 9.23 Å². The number of hydrogen-bond donors (Lipinski definition) is 0. The molecule has 0 aliphatic rings. The van der Waals surface area contributed by atoms with Gasteiger partial charge in [-0.05, 0) is 18.1 Å². The van der Waals surface area contributed by atoms with E-state index in [0.717, 1.165) is 13.0 Å². The standard InChI is InChI=1S/C10H21OSi.Li/c1-7-8-9-11-12(5,6)10(2,3)4;/h1,8-9H2,2-6H3;/q-1;+1. The first-order valence-electron chi connectivity index (χ1n) is 4.45. The third-order valence-corrected chi connectivity index (χ3v) is 7.09. The molecule has 13 heavy (non-hydrogen) atoms. The molecule has 3 heteroatoms. The van der Waals surface area contributed by atoms with Crippen LogP contribution in [-0.2, 0) is 4.43 Å². The van der Waals surface area contributed by atoms with E-state index in [9.17, 15) is 0 Å². The van der Waals surface area contributed by atoms with Gasteiger partial charge in [-0.15, -0.1) is 0 Å². The summed E-state index contributed by atoms with van der Waals surface area (Å²) in [6.07, 6.45) is 3.68. The molecule has 0 amide bonds. The van der Waals surface area contributed by atoms with Crippen molar-refractivity contribution in [1.82, 2.24) is 0 Å². The van der Waals surface area contributed by atoms with Crippen LogP contribution >= 0.6 is 0 Å². The minimum Gasteiger partial charge on any atom is -0.502 e. The van der Waals surface area contributed by atoms with Crippen LogP contribution in [-0.4, -0.2) is 14.9 Å². The van der Waals surface area contributed by atoms with Crippen LogP contribution in [0.3, 0.4) is 0 Å². The van der Waals surface area contributed by atoms with Gasteiger partial charge in [-0.25, -0.2) is 0 Å². The monoisotopic (exact) mass is 192 g/mol. The van der Waals surface area contributed by atoms with Crippen molar-refractivity contribution in [3.63, 3.8) is 0 Å². The van der Waals surface area contributed by atoms with Gasteiger partial charge in [0.1, 0.15) is 0 Å². The molecule has 0 aromatic heterocycles. The van der Waals surface area contributed by atoms with Crippen molar-refractivity contribution in [2.45, 2.75) is 45.3 Å². The molecular formula is C10H21LiOSi. The summed E-state index contributed by atoms with van der Waals surface area (Å²) < 4.78 is 5.87. The second kappa shape index (κ2) is 6.08. The second-order valence-electron chi connectivity index (χ2n) is 4.61. The minimum atomic E-state index is -1.51. The van der Waals surface area contributed by atoms with Crippen molar-refractivity contribution in [1.29, 1.82) is 0 Å². The molecular weight excluding hydrogens is 171 g/mol. The SMILES string of the molecule is C=[C-]CCO[Si](C)(C)C(C)(C)C.[Li+]. The van der Waals surface area contributed by atoms with Gasteiger partial charge in [0, 0.05) is 6.61 Å². The first-order valence-corrected chi connectivity index (χ1v) is 7.36. The Morgan fingerprint density at radius 2 is 1.77 bits per heavy atom.